The van der Waals surface area contributed by atoms with E-state index in [0.717, 1.165) is 19.1 Å². The maximum absolute atomic E-state index is 14.8. The van der Waals surface area contributed by atoms with Crippen LogP contribution in [0.25, 0.3) is 10.9 Å². The van der Waals surface area contributed by atoms with Crippen LogP contribution in [0, 0.1) is 28.9 Å². The molecule has 0 spiro atoms. The second-order valence-corrected chi connectivity index (χ2v) is 8.37. The summed E-state index contributed by atoms with van der Waals surface area (Å²) in [7, 11) is 0. The van der Waals surface area contributed by atoms with Crippen molar-refractivity contribution in [3.05, 3.63) is 63.6 Å². The third-order valence-electron chi connectivity index (χ3n) is 6.20. The monoisotopic (exact) mass is 457 g/mol. The molecular formula is C24H19F4N3O2. The van der Waals surface area contributed by atoms with E-state index < -0.39 is 28.7 Å². The zero-order valence-corrected chi connectivity index (χ0v) is 17.6. The normalized spacial score (nSPS) is 17.2. The molecule has 1 aliphatic heterocycles. The Morgan fingerprint density at radius 2 is 1.94 bits per heavy atom. The van der Waals surface area contributed by atoms with Gasteiger partial charge in [0.25, 0.3) is 5.92 Å². The van der Waals surface area contributed by atoms with Gasteiger partial charge in [-0.05, 0) is 37.1 Å². The van der Waals surface area contributed by atoms with Gasteiger partial charge in [-0.3, -0.25) is 0 Å². The van der Waals surface area contributed by atoms with Crippen molar-refractivity contribution in [3.63, 3.8) is 0 Å². The minimum Gasteiger partial charge on any atom is -0.375 e. The number of rotatable bonds is 2. The van der Waals surface area contributed by atoms with Crippen molar-refractivity contribution in [3.8, 4) is 11.8 Å². The second-order valence-electron chi connectivity index (χ2n) is 8.37. The second kappa shape index (κ2) is 7.59. The summed E-state index contributed by atoms with van der Waals surface area (Å²) >= 11 is 0. The highest BCUT2D eigenvalue weighted by Crippen LogP contribution is 2.56. The van der Waals surface area contributed by atoms with Gasteiger partial charge in [-0.15, -0.1) is 0 Å². The Morgan fingerprint density at radius 3 is 2.67 bits per heavy atom. The predicted molar refractivity (Wildman–Crippen MR) is 115 cm³/mol. The molecule has 1 saturated carbocycles. The number of halogens is 4. The molecular weight excluding hydrogens is 438 g/mol. The van der Waals surface area contributed by atoms with Crippen LogP contribution in [-0.4, -0.2) is 29.0 Å². The van der Waals surface area contributed by atoms with Crippen LogP contribution in [-0.2, 0) is 11.3 Å². The highest BCUT2D eigenvalue weighted by atomic mass is 19.3. The molecule has 1 aliphatic carbocycles. The molecule has 0 amide bonds. The Hall–Kier alpha value is -3.38. The van der Waals surface area contributed by atoms with Gasteiger partial charge in [-0.2, -0.15) is 4.98 Å². The average molecular weight is 457 g/mol. The third kappa shape index (κ3) is 3.64. The SMILES string of the molecule is CC(F)(F)C1(C#Cc2cccc3c2COCCN3c2nc(=O)[nH]c3c(F)ccc(F)c23)CC1. The summed E-state index contributed by atoms with van der Waals surface area (Å²) in [5, 5.41) is -0.165. The summed E-state index contributed by atoms with van der Waals surface area (Å²) in [5.74, 6) is 1.15. The summed E-state index contributed by atoms with van der Waals surface area (Å²) in [4.78, 5) is 20.0. The number of anilines is 2. The third-order valence-corrected chi connectivity index (χ3v) is 6.20. The zero-order valence-electron chi connectivity index (χ0n) is 17.6. The van der Waals surface area contributed by atoms with Crippen LogP contribution < -0.4 is 10.6 Å². The lowest BCUT2D eigenvalue weighted by Crippen LogP contribution is -2.26. The predicted octanol–water partition coefficient (Wildman–Crippen LogP) is 4.66. The first-order valence-corrected chi connectivity index (χ1v) is 10.5. The van der Waals surface area contributed by atoms with Gasteiger partial charge in [0.1, 0.15) is 11.6 Å². The van der Waals surface area contributed by atoms with Crippen molar-refractivity contribution >= 4 is 22.4 Å². The van der Waals surface area contributed by atoms with E-state index in [1.165, 1.54) is 0 Å². The molecule has 0 saturated heterocycles. The molecule has 0 bridgehead atoms. The molecule has 1 N–H and O–H groups in total. The number of alkyl halides is 2. The van der Waals surface area contributed by atoms with Gasteiger partial charge in [0.05, 0.1) is 29.5 Å². The topological polar surface area (TPSA) is 58.2 Å². The maximum Gasteiger partial charge on any atom is 0.347 e. The Labute approximate surface area is 186 Å². The van der Waals surface area contributed by atoms with Crippen molar-refractivity contribution < 1.29 is 22.3 Å². The summed E-state index contributed by atoms with van der Waals surface area (Å²) in [5.41, 5.74) is -0.804. The highest BCUT2D eigenvalue weighted by molar-refractivity contribution is 5.92. The molecule has 0 radical (unpaired) electrons. The smallest absolute Gasteiger partial charge is 0.347 e. The molecule has 0 unspecified atom stereocenters. The van der Waals surface area contributed by atoms with E-state index in [1.54, 1.807) is 23.1 Å². The molecule has 5 nitrogen and oxygen atoms in total. The number of aromatic amines is 1. The van der Waals surface area contributed by atoms with Crippen LogP contribution >= 0.6 is 0 Å². The maximum atomic E-state index is 14.8. The van der Waals surface area contributed by atoms with E-state index >= 15 is 0 Å². The molecule has 5 rings (SSSR count). The Balaban J connectivity index is 1.68. The fraction of sp³-hybridized carbons (Fsp3) is 0.333. The lowest BCUT2D eigenvalue weighted by Gasteiger charge is -2.25. The van der Waals surface area contributed by atoms with Crippen molar-refractivity contribution in [2.75, 3.05) is 18.1 Å². The van der Waals surface area contributed by atoms with Gasteiger partial charge >= 0.3 is 5.69 Å². The van der Waals surface area contributed by atoms with Gasteiger partial charge in [-0.25, -0.2) is 22.4 Å². The number of ether oxygens (including phenoxy) is 1. The minimum absolute atomic E-state index is 0.0543. The molecule has 1 fully saturated rings. The first kappa shape index (κ1) is 21.5. The molecule has 2 aliphatic rings. The van der Waals surface area contributed by atoms with E-state index in [4.69, 9.17) is 4.74 Å². The summed E-state index contributed by atoms with van der Waals surface area (Å²) in [6, 6.07) is 7.02. The summed E-state index contributed by atoms with van der Waals surface area (Å²) in [6.07, 6.45) is 0.656. The Morgan fingerprint density at radius 1 is 1.18 bits per heavy atom. The lowest BCUT2D eigenvalue weighted by molar-refractivity contribution is -0.0294. The number of aromatic nitrogens is 2. The average Bonchev–Trinajstić information content (AvgIpc) is 3.58. The van der Waals surface area contributed by atoms with E-state index in [-0.39, 0.29) is 36.5 Å². The van der Waals surface area contributed by atoms with Crippen molar-refractivity contribution in [2.45, 2.75) is 32.3 Å². The number of H-pyrrole nitrogens is 1. The fourth-order valence-electron chi connectivity index (χ4n) is 4.13. The lowest BCUT2D eigenvalue weighted by atomic mass is 9.98. The van der Waals surface area contributed by atoms with Gasteiger partial charge in [-0.1, -0.05) is 17.9 Å². The minimum atomic E-state index is -2.91. The molecule has 2 heterocycles. The molecule has 0 atom stereocenters. The van der Waals surface area contributed by atoms with Gasteiger partial charge in [0.15, 0.2) is 5.82 Å². The van der Waals surface area contributed by atoms with E-state index in [1.807, 2.05) is 0 Å². The van der Waals surface area contributed by atoms with Crippen LogP contribution in [0.4, 0.5) is 29.1 Å². The van der Waals surface area contributed by atoms with Crippen molar-refractivity contribution in [1.29, 1.82) is 0 Å². The van der Waals surface area contributed by atoms with Crippen LogP contribution in [0.15, 0.2) is 35.1 Å². The quantitative estimate of drug-likeness (QED) is 0.450. The number of hydrogen-bond donors (Lipinski definition) is 1. The van der Waals surface area contributed by atoms with Crippen LogP contribution in [0.3, 0.4) is 0 Å². The first-order chi connectivity index (χ1) is 15.7. The van der Waals surface area contributed by atoms with Gasteiger partial charge < -0.3 is 14.6 Å². The fourth-order valence-corrected chi connectivity index (χ4v) is 4.13. The number of nitrogens with zero attached hydrogens (tertiary/aromatic N) is 2. The van der Waals surface area contributed by atoms with Crippen LogP contribution in [0.2, 0.25) is 0 Å². The van der Waals surface area contributed by atoms with E-state index in [9.17, 15) is 22.4 Å². The first-order valence-electron chi connectivity index (χ1n) is 10.5. The number of fused-ring (bicyclic) bond motifs is 2. The van der Waals surface area contributed by atoms with Crippen molar-refractivity contribution in [1.82, 2.24) is 9.97 Å². The summed E-state index contributed by atoms with van der Waals surface area (Å²) in [6.45, 7) is 1.44. The molecule has 3 aromatic rings. The van der Waals surface area contributed by atoms with Crippen molar-refractivity contribution in [2.24, 2.45) is 5.41 Å². The number of hydrogen-bond acceptors (Lipinski definition) is 4. The largest absolute Gasteiger partial charge is 0.375 e. The Bertz CT molecular complexity index is 1380. The number of nitrogens with one attached hydrogen (secondary N) is 1. The van der Waals surface area contributed by atoms with Crippen LogP contribution in [0.1, 0.15) is 30.9 Å². The number of benzene rings is 2. The molecule has 170 valence electrons. The van der Waals surface area contributed by atoms with E-state index in [2.05, 4.69) is 21.8 Å². The molecule has 1 aromatic heterocycles. The highest BCUT2D eigenvalue weighted by Gasteiger charge is 2.58. The van der Waals surface area contributed by atoms with Crippen LogP contribution in [0.5, 0.6) is 0 Å². The molecule has 9 heteroatoms. The standard InChI is InChI=1S/C24H19F4N3O2/c1-23(27,28)24(9-10-24)8-7-14-3-2-4-18-15(14)13-33-12-11-31(18)21-19-16(25)5-6-17(26)20(19)29-22(32)30-21/h2-6H,9-13H2,1H3,(H,29,30,32). The molecule has 33 heavy (non-hydrogen) atoms. The molecule has 2 aromatic carbocycles. The van der Waals surface area contributed by atoms with Gasteiger partial charge in [0, 0.05) is 30.3 Å². The summed E-state index contributed by atoms with van der Waals surface area (Å²) < 4.78 is 62.7. The Kier molecular flexibility index (Phi) is 4.94. The van der Waals surface area contributed by atoms with Gasteiger partial charge in [0.2, 0.25) is 0 Å². The van der Waals surface area contributed by atoms with E-state index in [0.29, 0.717) is 29.7 Å². The zero-order chi connectivity index (χ0) is 23.4.